The van der Waals surface area contributed by atoms with Crippen LogP contribution in [0.5, 0.6) is 5.75 Å². The van der Waals surface area contributed by atoms with Crippen molar-refractivity contribution in [3.05, 3.63) is 52.4 Å². The lowest BCUT2D eigenvalue weighted by molar-refractivity contribution is -0.115. The van der Waals surface area contributed by atoms with Gasteiger partial charge in [0.2, 0.25) is 5.91 Å². The summed E-state index contributed by atoms with van der Waals surface area (Å²) in [6.45, 7) is 3.75. The van der Waals surface area contributed by atoms with Gasteiger partial charge in [0.05, 0.1) is 30.9 Å². The zero-order valence-electron chi connectivity index (χ0n) is 18.7. The van der Waals surface area contributed by atoms with Crippen LogP contribution in [0.1, 0.15) is 30.6 Å². The standard InChI is InChI=1S/C22H25N5O5S/c1-5-17(20(29)26-19-15(12-23-27(19)3)21(30)32-6-2)33-22-24-16(11-18(28)25-22)13-7-9-14(31-4)10-8-13/h7-12,17H,5-6H2,1-4H3,(H,26,29)(H,24,25,28). The lowest BCUT2D eigenvalue weighted by Gasteiger charge is -2.15. The molecule has 3 rings (SSSR count). The zero-order chi connectivity index (χ0) is 24.0. The Labute approximate surface area is 194 Å². The Bertz CT molecular complexity index is 1190. The zero-order valence-corrected chi connectivity index (χ0v) is 19.6. The Kier molecular flexibility index (Phi) is 7.88. The van der Waals surface area contributed by atoms with E-state index in [1.807, 2.05) is 6.92 Å². The summed E-state index contributed by atoms with van der Waals surface area (Å²) in [4.78, 5) is 44.6. The number of methoxy groups -OCH3 is 1. The molecule has 10 nitrogen and oxygen atoms in total. The second kappa shape index (κ2) is 10.8. The first-order valence-corrected chi connectivity index (χ1v) is 11.2. The number of esters is 1. The summed E-state index contributed by atoms with van der Waals surface area (Å²) in [5.74, 6) is 0.0122. The molecule has 0 spiro atoms. The van der Waals surface area contributed by atoms with Crippen LogP contribution in [0.2, 0.25) is 0 Å². The number of hydrogen-bond acceptors (Lipinski definition) is 8. The van der Waals surface area contributed by atoms with Crippen molar-refractivity contribution in [2.24, 2.45) is 7.05 Å². The third-order valence-corrected chi connectivity index (χ3v) is 5.95. The molecule has 0 radical (unpaired) electrons. The number of aryl methyl sites for hydroxylation is 1. The van der Waals surface area contributed by atoms with Crippen molar-refractivity contribution in [3.8, 4) is 17.0 Å². The molecule has 1 amide bonds. The molecule has 174 valence electrons. The Morgan fingerprint density at radius 1 is 1.24 bits per heavy atom. The number of H-pyrrole nitrogens is 1. The van der Waals surface area contributed by atoms with Gasteiger partial charge in [-0.2, -0.15) is 5.10 Å². The molecule has 1 atom stereocenters. The van der Waals surface area contributed by atoms with Crippen molar-refractivity contribution in [2.45, 2.75) is 30.7 Å². The monoisotopic (exact) mass is 471 g/mol. The molecule has 0 saturated heterocycles. The average molecular weight is 472 g/mol. The molecule has 33 heavy (non-hydrogen) atoms. The van der Waals surface area contributed by atoms with E-state index < -0.39 is 11.2 Å². The summed E-state index contributed by atoms with van der Waals surface area (Å²) < 4.78 is 11.6. The number of ether oxygens (including phenoxy) is 2. The van der Waals surface area contributed by atoms with Gasteiger partial charge >= 0.3 is 5.97 Å². The summed E-state index contributed by atoms with van der Waals surface area (Å²) in [7, 11) is 3.19. The fraction of sp³-hybridized carbons (Fsp3) is 0.318. The number of nitrogens with one attached hydrogen (secondary N) is 2. The molecule has 0 aliphatic rings. The van der Waals surface area contributed by atoms with Gasteiger partial charge in [0.25, 0.3) is 5.56 Å². The number of benzene rings is 1. The predicted molar refractivity (Wildman–Crippen MR) is 125 cm³/mol. The lowest BCUT2D eigenvalue weighted by atomic mass is 10.1. The van der Waals surface area contributed by atoms with Gasteiger partial charge < -0.3 is 19.8 Å². The first-order chi connectivity index (χ1) is 15.9. The average Bonchev–Trinajstić information content (AvgIpc) is 3.17. The second-order valence-corrected chi connectivity index (χ2v) is 8.11. The first kappa shape index (κ1) is 24.1. The molecular formula is C22H25N5O5S. The third kappa shape index (κ3) is 5.80. The first-order valence-electron chi connectivity index (χ1n) is 10.3. The van der Waals surface area contributed by atoms with Gasteiger partial charge in [-0.25, -0.2) is 9.78 Å². The Hall–Kier alpha value is -3.60. The molecule has 3 aromatic rings. The molecule has 0 bridgehead atoms. The number of amides is 1. The number of thioether (sulfide) groups is 1. The molecule has 2 N–H and O–H groups in total. The Morgan fingerprint density at radius 2 is 1.97 bits per heavy atom. The number of carbonyl (C=O) groups excluding carboxylic acids is 2. The fourth-order valence-corrected chi connectivity index (χ4v) is 3.91. The van der Waals surface area contributed by atoms with E-state index in [0.717, 1.165) is 17.3 Å². The van der Waals surface area contributed by atoms with Gasteiger partial charge in [-0.1, -0.05) is 18.7 Å². The Morgan fingerprint density at radius 3 is 2.61 bits per heavy atom. The van der Waals surface area contributed by atoms with Gasteiger partial charge in [0.15, 0.2) is 5.16 Å². The molecule has 1 unspecified atom stereocenters. The van der Waals surface area contributed by atoms with Crippen LogP contribution >= 0.6 is 11.8 Å². The van der Waals surface area contributed by atoms with Gasteiger partial charge in [-0.15, -0.1) is 0 Å². The van der Waals surface area contributed by atoms with Crippen molar-refractivity contribution >= 4 is 29.5 Å². The van der Waals surface area contributed by atoms with E-state index in [9.17, 15) is 14.4 Å². The highest BCUT2D eigenvalue weighted by Crippen LogP contribution is 2.26. The highest BCUT2D eigenvalue weighted by Gasteiger charge is 2.24. The van der Waals surface area contributed by atoms with Crippen LogP contribution < -0.4 is 15.6 Å². The summed E-state index contributed by atoms with van der Waals surface area (Å²) in [6.07, 6.45) is 1.80. The van der Waals surface area contributed by atoms with Crippen LogP contribution in [-0.2, 0) is 16.6 Å². The van der Waals surface area contributed by atoms with Crippen molar-refractivity contribution < 1.29 is 19.1 Å². The van der Waals surface area contributed by atoms with E-state index in [-0.39, 0.29) is 29.5 Å². The summed E-state index contributed by atoms with van der Waals surface area (Å²) >= 11 is 1.13. The molecule has 2 heterocycles. The minimum atomic E-state index is -0.579. The summed E-state index contributed by atoms with van der Waals surface area (Å²) in [5, 5.41) is 6.52. The van der Waals surface area contributed by atoms with Crippen molar-refractivity contribution in [1.29, 1.82) is 0 Å². The summed E-state index contributed by atoms with van der Waals surface area (Å²) in [6, 6.07) is 8.57. The van der Waals surface area contributed by atoms with Crippen molar-refractivity contribution in [1.82, 2.24) is 19.7 Å². The topological polar surface area (TPSA) is 128 Å². The SMILES string of the molecule is CCOC(=O)c1cnn(C)c1NC(=O)C(CC)Sc1nc(-c2ccc(OC)cc2)cc(=O)[nH]1. The number of anilines is 1. The maximum Gasteiger partial charge on any atom is 0.343 e. The van der Waals surface area contributed by atoms with Crippen molar-refractivity contribution in [2.75, 3.05) is 19.0 Å². The second-order valence-electron chi connectivity index (χ2n) is 6.92. The number of aromatic amines is 1. The van der Waals surface area contributed by atoms with Crippen LogP contribution in [0.15, 0.2) is 46.5 Å². The van der Waals surface area contributed by atoms with E-state index in [2.05, 4.69) is 20.4 Å². The summed E-state index contributed by atoms with van der Waals surface area (Å²) in [5.41, 5.74) is 1.07. The number of hydrogen-bond donors (Lipinski definition) is 2. The number of carbonyl (C=O) groups is 2. The van der Waals surface area contributed by atoms with E-state index in [1.165, 1.54) is 16.9 Å². The number of aromatic nitrogens is 4. The van der Waals surface area contributed by atoms with E-state index in [0.29, 0.717) is 23.0 Å². The minimum Gasteiger partial charge on any atom is -0.497 e. The molecule has 0 fully saturated rings. The molecule has 1 aromatic carbocycles. The molecule has 0 aliphatic carbocycles. The molecule has 11 heteroatoms. The predicted octanol–water partition coefficient (Wildman–Crippen LogP) is 2.87. The van der Waals surface area contributed by atoms with Gasteiger partial charge in [-0.05, 0) is 37.6 Å². The quantitative estimate of drug-likeness (QED) is 0.277. The molecule has 2 aromatic heterocycles. The molecular weight excluding hydrogens is 446 g/mol. The fourth-order valence-electron chi connectivity index (χ4n) is 3.00. The molecule has 0 saturated carbocycles. The van der Waals surface area contributed by atoms with Crippen LogP contribution in [0.25, 0.3) is 11.3 Å². The van der Waals surface area contributed by atoms with Gasteiger partial charge in [0.1, 0.15) is 17.1 Å². The largest absolute Gasteiger partial charge is 0.497 e. The molecule has 0 aliphatic heterocycles. The number of nitrogens with zero attached hydrogens (tertiary/aromatic N) is 3. The third-order valence-electron chi connectivity index (χ3n) is 4.70. The maximum absolute atomic E-state index is 13.0. The van der Waals surface area contributed by atoms with E-state index in [1.54, 1.807) is 45.3 Å². The maximum atomic E-state index is 13.0. The van der Waals surface area contributed by atoms with Gasteiger partial charge in [-0.3, -0.25) is 14.3 Å². The highest BCUT2D eigenvalue weighted by atomic mass is 32.2. The highest BCUT2D eigenvalue weighted by molar-refractivity contribution is 8.00. The Balaban J connectivity index is 1.80. The van der Waals surface area contributed by atoms with Crippen LogP contribution in [0, 0.1) is 0 Å². The van der Waals surface area contributed by atoms with Crippen LogP contribution in [0.4, 0.5) is 5.82 Å². The lowest BCUT2D eigenvalue weighted by Crippen LogP contribution is -2.27. The smallest absolute Gasteiger partial charge is 0.343 e. The van der Waals surface area contributed by atoms with Gasteiger partial charge in [0, 0.05) is 18.7 Å². The van der Waals surface area contributed by atoms with E-state index >= 15 is 0 Å². The minimum absolute atomic E-state index is 0.167. The van der Waals surface area contributed by atoms with E-state index in [4.69, 9.17) is 9.47 Å². The number of rotatable bonds is 9. The van der Waals surface area contributed by atoms with Crippen molar-refractivity contribution in [3.63, 3.8) is 0 Å². The normalized spacial score (nSPS) is 11.6. The van der Waals surface area contributed by atoms with Crippen LogP contribution in [-0.4, -0.2) is 50.6 Å². The van der Waals surface area contributed by atoms with Crippen LogP contribution in [0.3, 0.4) is 0 Å².